The van der Waals surface area contributed by atoms with E-state index in [1.807, 2.05) is 0 Å². The van der Waals surface area contributed by atoms with Gasteiger partial charge in [-0.3, -0.25) is 4.79 Å². The predicted octanol–water partition coefficient (Wildman–Crippen LogP) is 1.86. The summed E-state index contributed by atoms with van der Waals surface area (Å²) in [5.74, 6) is -0.775. The van der Waals surface area contributed by atoms with E-state index in [1.165, 1.54) is 26.4 Å². The van der Waals surface area contributed by atoms with E-state index >= 15 is 0 Å². The molecule has 2 unspecified atom stereocenters. The maximum absolute atomic E-state index is 11.2. The first-order valence-corrected chi connectivity index (χ1v) is 9.52. The molecule has 1 heterocycles. The molecule has 3 rings (SSSR count). The molecule has 0 amide bonds. The Morgan fingerprint density at radius 2 is 1.65 bits per heavy atom. The van der Waals surface area contributed by atoms with Crippen LogP contribution in [-0.2, 0) is 16.0 Å². The van der Waals surface area contributed by atoms with Crippen LogP contribution in [0, 0.1) is 5.92 Å². The molecule has 2 aromatic rings. The lowest BCUT2D eigenvalue weighted by Gasteiger charge is -2.29. The van der Waals surface area contributed by atoms with Crippen LogP contribution in [0.15, 0.2) is 36.4 Å². The summed E-state index contributed by atoms with van der Waals surface area (Å²) < 4.78 is 16.1. The lowest BCUT2D eigenvalue weighted by Crippen LogP contribution is -2.41. The molecule has 0 aliphatic carbocycles. The number of benzene rings is 2. The predicted molar refractivity (Wildman–Crippen MR) is 111 cm³/mol. The third-order valence-corrected chi connectivity index (χ3v) is 5.05. The Balaban J connectivity index is 0.000000785. The standard InChI is InChI=1S/C20H24O7.C2H4O2/c1-25-17-7-12(3-5-15(17)22)9-20(24)11-27-19(14(20)10-21)13-4-6-16(23)18(8-13)26-2;1-2(3)4/h3-8,14,19,21-24H,9-11H2,1-2H3;1H3,(H,3,4)/t14?,19?,20-;/m1./s1. The van der Waals surface area contributed by atoms with Gasteiger partial charge in [0.15, 0.2) is 23.0 Å². The van der Waals surface area contributed by atoms with Crippen molar-refractivity contribution in [3.8, 4) is 23.0 Å². The summed E-state index contributed by atoms with van der Waals surface area (Å²) in [5.41, 5.74) is 0.146. The van der Waals surface area contributed by atoms with Crippen LogP contribution in [0.5, 0.6) is 23.0 Å². The zero-order valence-electron chi connectivity index (χ0n) is 17.6. The molecule has 0 saturated carbocycles. The highest BCUT2D eigenvalue weighted by Crippen LogP contribution is 2.44. The second-order valence-electron chi connectivity index (χ2n) is 7.26. The van der Waals surface area contributed by atoms with Gasteiger partial charge in [0, 0.05) is 19.3 Å². The fraction of sp³-hybridized carbons (Fsp3) is 0.409. The monoisotopic (exact) mass is 436 g/mol. The third-order valence-electron chi connectivity index (χ3n) is 5.05. The van der Waals surface area contributed by atoms with Crippen molar-refractivity contribution in [1.82, 2.24) is 0 Å². The van der Waals surface area contributed by atoms with Crippen molar-refractivity contribution in [2.24, 2.45) is 5.92 Å². The van der Waals surface area contributed by atoms with Gasteiger partial charge < -0.3 is 39.7 Å². The summed E-state index contributed by atoms with van der Waals surface area (Å²) in [6.07, 6.45) is -0.325. The Hall–Kier alpha value is -3.01. The van der Waals surface area contributed by atoms with E-state index in [0.29, 0.717) is 17.1 Å². The van der Waals surface area contributed by atoms with E-state index in [0.717, 1.165) is 12.5 Å². The fourth-order valence-electron chi connectivity index (χ4n) is 3.57. The molecule has 1 aliphatic rings. The SMILES string of the molecule is CC(=O)O.COc1cc(C[C@@]2(O)COC(c3ccc(O)c(OC)c3)C2CO)ccc1O. The number of carboxylic acid groups (broad SMARTS) is 1. The number of aromatic hydroxyl groups is 2. The maximum atomic E-state index is 11.2. The average molecular weight is 436 g/mol. The van der Waals surface area contributed by atoms with Gasteiger partial charge in [0.25, 0.3) is 5.97 Å². The Morgan fingerprint density at radius 1 is 1.10 bits per heavy atom. The van der Waals surface area contributed by atoms with Crippen molar-refractivity contribution >= 4 is 5.97 Å². The number of ether oxygens (including phenoxy) is 3. The highest BCUT2D eigenvalue weighted by Gasteiger charge is 2.49. The molecule has 1 fully saturated rings. The first kappa shape index (κ1) is 24.3. The molecule has 3 atom stereocenters. The van der Waals surface area contributed by atoms with Crippen LogP contribution < -0.4 is 9.47 Å². The van der Waals surface area contributed by atoms with Crippen LogP contribution in [0.4, 0.5) is 0 Å². The van der Waals surface area contributed by atoms with Gasteiger partial charge in [-0.05, 0) is 35.4 Å². The van der Waals surface area contributed by atoms with E-state index in [4.69, 9.17) is 24.1 Å². The van der Waals surface area contributed by atoms with Gasteiger partial charge in [0.2, 0.25) is 0 Å². The van der Waals surface area contributed by atoms with Crippen LogP contribution in [0.1, 0.15) is 24.2 Å². The summed E-state index contributed by atoms with van der Waals surface area (Å²) in [6.45, 7) is 0.842. The molecule has 0 radical (unpaired) electrons. The molecule has 5 N–H and O–H groups in total. The first-order chi connectivity index (χ1) is 14.6. The van der Waals surface area contributed by atoms with Crippen molar-refractivity contribution in [3.05, 3.63) is 47.5 Å². The minimum atomic E-state index is -1.30. The van der Waals surface area contributed by atoms with Gasteiger partial charge in [-0.1, -0.05) is 12.1 Å². The lowest BCUT2D eigenvalue weighted by molar-refractivity contribution is -0.134. The molecule has 0 spiro atoms. The molecule has 2 aromatic carbocycles. The van der Waals surface area contributed by atoms with Crippen molar-refractivity contribution in [2.75, 3.05) is 27.4 Å². The highest BCUT2D eigenvalue weighted by atomic mass is 16.5. The number of phenols is 2. The van der Waals surface area contributed by atoms with Crippen molar-refractivity contribution in [3.63, 3.8) is 0 Å². The van der Waals surface area contributed by atoms with Crippen molar-refractivity contribution in [1.29, 1.82) is 0 Å². The second-order valence-corrected chi connectivity index (χ2v) is 7.26. The van der Waals surface area contributed by atoms with E-state index < -0.39 is 23.6 Å². The summed E-state index contributed by atoms with van der Waals surface area (Å²) in [5, 5.41) is 48.1. The largest absolute Gasteiger partial charge is 0.504 e. The van der Waals surface area contributed by atoms with Gasteiger partial charge >= 0.3 is 0 Å². The lowest BCUT2D eigenvalue weighted by atomic mass is 9.80. The number of phenolic OH excluding ortho intramolecular Hbond substituents is 2. The molecule has 1 saturated heterocycles. The Bertz CT molecular complexity index is 895. The van der Waals surface area contributed by atoms with E-state index in [-0.39, 0.29) is 31.1 Å². The smallest absolute Gasteiger partial charge is 0.300 e. The molecule has 0 bridgehead atoms. The summed E-state index contributed by atoms with van der Waals surface area (Å²) >= 11 is 0. The topological polar surface area (TPSA) is 146 Å². The van der Waals surface area contributed by atoms with E-state index in [1.54, 1.807) is 24.3 Å². The van der Waals surface area contributed by atoms with Gasteiger partial charge in [-0.25, -0.2) is 0 Å². The number of methoxy groups -OCH3 is 2. The number of carboxylic acids is 1. The normalized spacial score (nSPS) is 22.4. The van der Waals surface area contributed by atoms with Crippen LogP contribution in [-0.4, -0.2) is 64.5 Å². The molecule has 0 aromatic heterocycles. The third kappa shape index (κ3) is 5.78. The fourth-order valence-corrected chi connectivity index (χ4v) is 3.57. The van der Waals surface area contributed by atoms with Crippen LogP contribution in [0.25, 0.3) is 0 Å². The molecular weight excluding hydrogens is 408 g/mol. The quantitative estimate of drug-likeness (QED) is 0.458. The van der Waals surface area contributed by atoms with Gasteiger partial charge in [-0.2, -0.15) is 0 Å². The summed E-state index contributed by atoms with van der Waals surface area (Å²) in [6, 6.07) is 9.66. The average Bonchev–Trinajstić information content (AvgIpc) is 3.05. The molecule has 31 heavy (non-hydrogen) atoms. The highest BCUT2D eigenvalue weighted by molar-refractivity contribution is 5.63. The Morgan fingerprint density at radius 3 is 2.19 bits per heavy atom. The van der Waals surface area contributed by atoms with Gasteiger partial charge in [0.1, 0.15) is 0 Å². The summed E-state index contributed by atoms with van der Waals surface area (Å²) in [4.78, 5) is 9.00. The molecule has 1 aliphatic heterocycles. The van der Waals surface area contributed by atoms with E-state index in [9.17, 15) is 20.4 Å². The number of hydrogen-bond acceptors (Lipinski definition) is 8. The summed E-state index contributed by atoms with van der Waals surface area (Å²) in [7, 11) is 2.91. The van der Waals surface area contributed by atoms with Crippen molar-refractivity contribution in [2.45, 2.75) is 25.0 Å². The van der Waals surface area contributed by atoms with Gasteiger partial charge in [-0.15, -0.1) is 0 Å². The van der Waals surface area contributed by atoms with Gasteiger partial charge in [0.05, 0.1) is 39.1 Å². The van der Waals surface area contributed by atoms with Crippen LogP contribution in [0.3, 0.4) is 0 Å². The number of aliphatic carboxylic acids is 1. The molecule has 9 heteroatoms. The number of aliphatic hydroxyl groups is 2. The number of aliphatic hydroxyl groups excluding tert-OH is 1. The molecule has 9 nitrogen and oxygen atoms in total. The zero-order valence-corrected chi connectivity index (χ0v) is 17.6. The number of rotatable bonds is 6. The molecular formula is C22H28O9. The minimum absolute atomic E-state index is 0.00578. The second kappa shape index (κ2) is 10.3. The number of carbonyl (C=O) groups is 1. The number of hydrogen-bond donors (Lipinski definition) is 5. The molecule has 170 valence electrons. The van der Waals surface area contributed by atoms with Crippen LogP contribution >= 0.6 is 0 Å². The Kier molecular flexibility index (Phi) is 8.09. The van der Waals surface area contributed by atoms with Crippen LogP contribution in [0.2, 0.25) is 0 Å². The minimum Gasteiger partial charge on any atom is -0.504 e. The van der Waals surface area contributed by atoms with E-state index in [2.05, 4.69) is 0 Å². The Labute approximate surface area is 180 Å². The first-order valence-electron chi connectivity index (χ1n) is 9.52. The van der Waals surface area contributed by atoms with Crippen molar-refractivity contribution < 1.29 is 44.5 Å². The zero-order chi connectivity index (χ0) is 23.2. The maximum Gasteiger partial charge on any atom is 0.300 e.